The van der Waals surface area contributed by atoms with E-state index in [1.54, 1.807) is 18.3 Å². The van der Waals surface area contributed by atoms with Crippen LogP contribution in [0.3, 0.4) is 0 Å². The highest BCUT2D eigenvalue weighted by Gasteiger charge is 2.30. The van der Waals surface area contributed by atoms with Gasteiger partial charge in [0.05, 0.1) is 11.9 Å². The SMILES string of the molecule is O=C(OCc1ncc(-c2ccccc2)o1)C1CC(c2cccc(F)c2)=NO1. The zero-order valence-electron chi connectivity index (χ0n) is 14.2. The monoisotopic (exact) mass is 366 g/mol. The first-order valence-electron chi connectivity index (χ1n) is 8.34. The number of hydrogen-bond donors (Lipinski definition) is 0. The Labute approximate surface area is 154 Å². The summed E-state index contributed by atoms with van der Waals surface area (Å²) in [6, 6.07) is 15.4. The van der Waals surface area contributed by atoms with Crippen LogP contribution in [0.5, 0.6) is 0 Å². The summed E-state index contributed by atoms with van der Waals surface area (Å²) in [4.78, 5) is 21.4. The molecule has 6 nitrogen and oxygen atoms in total. The minimum atomic E-state index is -0.869. The molecule has 27 heavy (non-hydrogen) atoms. The van der Waals surface area contributed by atoms with Gasteiger partial charge in [-0.2, -0.15) is 0 Å². The molecule has 0 radical (unpaired) electrons. The van der Waals surface area contributed by atoms with Crippen LogP contribution in [-0.2, 0) is 21.0 Å². The predicted octanol–water partition coefficient (Wildman–Crippen LogP) is 3.72. The highest BCUT2D eigenvalue weighted by Crippen LogP contribution is 2.21. The minimum absolute atomic E-state index is 0.110. The molecule has 0 aliphatic carbocycles. The lowest BCUT2D eigenvalue weighted by Gasteiger charge is -2.07. The summed E-state index contributed by atoms with van der Waals surface area (Å²) in [5.41, 5.74) is 1.96. The van der Waals surface area contributed by atoms with Gasteiger partial charge in [0, 0.05) is 17.5 Å². The molecule has 0 bridgehead atoms. The molecular weight excluding hydrogens is 351 g/mol. The molecule has 0 saturated heterocycles. The smallest absolute Gasteiger partial charge is 0.351 e. The van der Waals surface area contributed by atoms with Crippen LogP contribution in [0.4, 0.5) is 4.39 Å². The topological polar surface area (TPSA) is 73.9 Å². The average Bonchev–Trinajstić information content (AvgIpc) is 3.37. The Kier molecular flexibility index (Phi) is 4.65. The van der Waals surface area contributed by atoms with Crippen molar-refractivity contribution in [1.82, 2.24) is 4.98 Å². The van der Waals surface area contributed by atoms with Crippen LogP contribution in [0.1, 0.15) is 17.9 Å². The molecule has 4 rings (SSSR count). The van der Waals surface area contributed by atoms with E-state index in [1.807, 2.05) is 30.3 Å². The lowest BCUT2D eigenvalue weighted by Crippen LogP contribution is -2.23. The van der Waals surface area contributed by atoms with Crippen LogP contribution in [0.2, 0.25) is 0 Å². The second-order valence-electron chi connectivity index (χ2n) is 5.94. The van der Waals surface area contributed by atoms with E-state index in [-0.39, 0.29) is 24.7 Å². The third kappa shape index (κ3) is 3.87. The molecule has 1 unspecified atom stereocenters. The average molecular weight is 366 g/mol. The number of carbonyl (C=O) groups excluding carboxylic acids is 1. The largest absolute Gasteiger partial charge is 0.453 e. The van der Waals surface area contributed by atoms with Crippen LogP contribution < -0.4 is 0 Å². The van der Waals surface area contributed by atoms with Crippen LogP contribution in [0, 0.1) is 5.82 Å². The molecule has 0 N–H and O–H groups in total. The molecule has 0 saturated carbocycles. The van der Waals surface area contributed by atoms with Gasteiger partial charge in [-0.1, -0.05) is 47.6 Å². The summed E-state index contributed by atoms with van der Waals surface area (Å²) >= 11 is 0. The number of benzene rings is 2. The first-order valence-corrected chi connectivity index (χ1v) is 8.34. The fourth-order valence-corrected chi connectivity index (χ4v) is 2.68. The first kappa shape index (κ1) is 17.0. The number of hydrogen-bond acceptors (Lipinski definition) is 6. The molecule has 7 heteroatoms. The second-order valence-corrected chi connectivity index (χ2v) is 5.94. The van der Waals surface area contributed by atoms with Gasteiger partial charge in [-0.05, 0) is 12.1 Å². The standard InChI is InChI=1S/C20H15FN2O4/c21-15-8-4-7-14(9-15)16-10-17(27-23-16)20(24)25-12-19-22-11-18(26-19)13-5-2-1-3-6-13/h1-9,11,17H,10,12H2. The Hall–Kier alpha value is -3.48. The number of rotatable bonds is 5. The molecule has 3 aromatic rings. The molecule has 2 aromatic carbocycles. The molecule has 0 amide bonds. The van der Waals surface area contributed by atoms with Crippen molar-refractivity contribution in [3.05, 3.63) is 78.1 Å². The molecular formula is C20H15FN2O4. The van der Waals surface area contributed by atoms with Crippen molar-refractivity contribution in [2.45, 2.75) is 19.1 Å². The molecule has 0 fully saturated rings. The summed E-state index contributed by atoms with van der Waals surface area (Å²) in [5.74, 6) is -0.0779. The van der Waals surface area contributed by atoms with Crippen LogP contribution in [-0.4, -0.2) is 22.8 Å². The Bertz CT molecular complexity index is 984. The van der Waals surface area contributed by atoms with Crippen LogP contribution in [0.25, 0.3) is 11.3 Å². The lowest BCUT2D eigenvalue weighted by molar-refractivity contribution is -0.157. The van der Waals surface area contributed by atoms with Crippen LogP contribution >= 0.6 is 0 Å². The normalized spacial score (nSPS) is 15.9. The quantitative estimate of drug-likeness (QED) is 0.644. The number of oxime groups is 1. The maximum absolute atomic E-state index is 13.3. The van der Waals surface area contributed by atoms with E-state index in [0.717, 1.165) is 5.56 Å². The van der Waals surface area contributed by atoms with E-state index < -0.39 is 12.1 Å². The van der Waals surface area contributed by atoms with E-state index >= 15 is 0 Å². The number of aromatic nitrogens is 1. The number of esters is 1. The van der Waals surface area contributed by atoms with Crippen molar-refractivity contribution >= 4 is 11.7 Å². The lowest BCUT2D eigenvalue weighted by atomic mass is 10.1. The number of ether oxygens (including phenoxy) is 1. The van der Waals surface area contributed by atoms with Gasteiger partial charge in [-0.3, -0.25) is 0 Å². The van der Waals surface area contributed by atoms with Gasteiger partial charge in [0.15, 0.2) is 12.4 Å². The minimum Gasteiger partial charge on any atom is -0.453 e. The fraction of sp³-hybridized carbons (Fsp3) is 0.150. The van der Waals surface area contributed by atoms with Gasteiger partial charge in [0.1, 0.15) is 5.82 Å². The third-order valence-electron chi connectivity index (χ3n) is 4.04. The zero-order chi connectivity index (χ0) is 18.6. The number of oxazole rings is 1. The molecule has 136 valence electrons. The Morgan fingerprint density at radius 3 is 2.78 bits per heavy atom. The van der Waals surface area contributed by atoms with Gasteiger partial charge in [-0.15, -0.1) is 0 Å². The van der Waals surface area contributed by atoms with Gasteiger partial charge in [0.2, 0.25) is 12.0 Å². The highest BCUT2D eigenvalue weighted by atomic mass is 19.1. The summed E-state index contributed by atoms with van der Waals surface area (Å²) in [6.45, 7) is -0.110. The van der Waals surface area contributed by atoms with Gasteiger partial charge >= 0.3 is 5.97 Å². The van der Waals surface area contributed by atoms with Crippen molar-refractivity contribution < 1.29 is 23.2 Å². The van der Waals surface area contributed by atoms with Crippen molar-refractivity contribution in [2.75, 3.05) is 0 Å². The van der Waals surface area contributed by atoms with E-state index in [1.165, 1.54) is 12.1 Å². The Balaban J connectivity index is 1.32. The summed E-state index contributed by atoms with van der Waals surface area (Å²) < 4.78 is 24.1. The molecule has 2 heterocycles. The number of carbonyl (C=O) groups is 1. The van der Waals surface area contributed by atoms with Crippen molar-refractivity contribution in [2.24, 2.45) is 5.16 Å². The van der Waals surface area contributed by atoms with Gasteiger partial charge < -0.3 is 14.0 Å². The number of nitrogens with zero attached hydrogens (tertiary/aromatic N) is 2. The van der Waals surface area contributed by atoms with Gasteiger partial charge in [-0.25, -0.2) is 14.2 Å². The molecule has 1 aromatic heterocycles. The predicted molar refractivity (Wildman–Crippen MR) is 94.2 cm³/mol. The molecule has 1 atom stereocenters. The van der Waals surface area contributed by atoms with E-state index in [2.05, 4.69) is 10.1 Å². The third-order valence-corrected chi connectivity index (χ3v) is 4.04. The fourth-order valence-electron chi connectivity index (χ4n) is 2.68. The molecule has 0 spiro atoms. The van der Waals surface area contributed by atoms with Crippen molar-refractivity contribution in [1.29, 1.82) is 0 Å². The summed E-state index contributed by atoms with van der Waals surface area (Å²) in [5, 5.41) is 3.86. The molecule has 1 aliphatic rings. The van der Waals surface area contributed by atoms with E-state index in [4.69, 9.17) is 14.0 Å². The summed E-state index contributed by atoms with van der Waals surface area (Å²) in [6.07, 6.45) is 0.922. The van der Waals surface area contributed by atoms with E-state index in [9.17, 15) is 9.18 Å². The van der Waals surface area contributed by atoms with Crippen molar-refractivity contribution in [3.8, 4) is 11.3 Å². The Morgan fingerprint density at radius 1 is 1.15 bits per heavy atom. The van der Waals surface area contributed by atoms with Crippen molar-refractivity contribution in [3.63, 3.8) is 0 Å². The maximum Gasteiger partial charge on any atom is 0.351 e. The van der Waals surface area contributed by atoms with Crippen LogP contribution in [0.15, 0.2) is 70.4 Å². The molecule has 1 aliphatic heterocycles. The first-order chi connectivity index (χ1) is 13.2. The zero-order valence-corrected chi connectivity index (χ0v) is 14.2. The van der Waals surface area contributed by atoms with Gasteiger partial charge in [0.25, 0.3) is 0 Å². The second kappa shape index (κ2) is 7.41. The van der Waals surface area contributed by atoms with E-state index in [0.29, 0.717) is 17.0 Å². The number of halogens is 1. The maximum atomic E-state index is 13.3. The highest BCUT2D eigenvalue weighted by molar-refractivity contribution is 6.03. The Morgan fingerprint density at radius 2 is 1.96 bits per heavy atom. The summed E-state index contributed by atoms with van der Waals surface area (Å²) in [7, 11) is 0.